The van der Waals surface area contributed by atoms with Gasteiger partial charge in [0.05, 0.1) is 5.92 Å². The monoisotopic (exact) mass is 298 g/mol. The maximum absolute atomic E-state index is 12.0. The van der Waals surface area contributed by atoms with Gasteiger partial charge in [-0.15, -0.1) is 0 Å². The van der Waals surface area contributed by atoms with Gasteiger partial charge in [0.15, 0.2) is 0 Å². The minimum Gasteiger partial charge on any atom is -0.481 e. The Morgan fingerprint density at radius 2 is 1.86 bits per heavy atom. The smallest absolute Gasteiger partial charge is 0.315 e. The second-order valence-electron chi connectivity index (χ2n) is 6.56. The van der Waals surface area contributed by atoms with E-state index in [-0.39, 0.29) is 24.0 Å². The van der Waals surface area contributed by atoms with Crippen LogP contribution in [-0.4, -0.2) is 29.2 Å². The molecule has 21 heavy (non-hydrogen) atoms. The molecule has 2 amide bonds. The number of aliphatic carboxylic acids is 1. The number of nitrogens with one attached hydrogen (secondary N) is 2. The Morgan fingerprint density at radius 1 is 1.19 bits per heavy atom. The summed E-state index contributed by atoms with van der Waals surface area (Å²) in [5.74, 6) is -0.509. The number of carboxylic acids is 1. The molecule has 0 spiro atoms. The van der Waals surface area contributed by atoms with Crippen LogP contribution in [0.3, 0.4) is 0 Å². The largest absolute Gasteiger partial charge is 0.481 e. The molecule has 4 atom stereocenters. The summed E-state index contributed by atoms with van der Waals surface area (Å²) in [6.45, 7) is 5.88. The highest BCUT2D eigenvalue weighted by atomic mass is 16.4. The van der Waals surface area contributed by atoms with E-state index in [2.05, 4.69) is 17.6 Å². The Labute approximate surface area is 127 Å². The van der Waals surface area contributed by atoms with Crippen LogP contribution in [0.5, 0.6) is 0 Å². The SMILES string of the molecule is CC(CCCC(C)C(=O)O)NC(=O)NC1CCCCC1C. The van der Waals surface area contributed by atoms with Gasteiger partial charge < -0.3 is 15.7 Å². The van der Waals surface area contributed by atoms with Crippen molar-refractivity contribution in [2.75, 3.05) is 0 Å². The first kappa shape index (κ1) is 17.8. The lowest BCUT2D eigenvalue weighted by atomic mass is 9.86. The summed E-state index contributed by atoms with van der Waals surface area (Å²) in [6, 6.07) is 0.274. The topological polar surface area (TPSA) is 78.4 Å². The summed E-state index contributed by atoms with van der Waals surface area (Å²) < 4.78 is 0. The maximum Gasteiger partial charge on any atom is 0.315 e. The van der Waals surface area contributed by atoms with Crippen molar-refractivity contribution in [3.05, 3.63) is 0 Å². The number of rotatable bonds is 7. The van der Waals surface area contributed by atoms with Gasteiger partial charge in [-0.05, 0) is 38.5 Å². The number of urea groups is 1. The molecule has 3 N–H and O–H groups in total. The molecule has 1 aliphatic carbocycles. The molecule has 1 saturated carbocycles. The first-order valence-electron chi connectivity index (χ1n) is 8.20. The first-order chi connectivity index (χ1) is 9.90. The van der Waals surface area contributed by atoms with Crippen molar-refractivity contribution in [2.45, 2.75) is 77.8 Å². The number of amides is 2. The number of hydrogen-bond acceptors (Lipinski definition) is 2. The van der Waals surface area contributed by atoms with Crippen LogP contribution in [0.25, 0.3) is 0 Å². The summed E-state index contributed by atoms with van der Waals surface area (Å²) in [6.07, 6.45) is 6.99. The lowest BCUT2D eigenvalue weighted by Gasteiger charge is -2.30. The molecular formula is C16H30N2O3. The summed E-state index contributed by atoms with van der Waals surface area (Å²) in [5.41, 5.74) is 0. The van der Waals surface area contributed by atoms with Crippen LogP contribution in [0.2, 0.25) is 0 Å². The normalized spacial score (nSPS) is 24.9. The second-order valence-corrected chi connectivity index (χ2v) is 6.56. The van der Waals surface area contributed by atoms with Crippen LogP contribution in [0.1, 0.15) is 65.7 Å². The molecule has 1 fully saturated rings. The van der Waals surface area contributed by atoms with Gasteiger partial charge in [0, 0.05) is 12.1 Å². The minimum absolute atomic E-state index is 0.0740. The highest BCUT2D eigenvalue weighted by molar-refractivity contribution is 5.74. The number of carboxylic acid groups (broad SMARTS) is 1. The molecule has 1 rings (SSSR count). The van der Waals surface area contributed by atoms with E-state index in [1.165, 1.54) is 19.3 Å². The average Bonchev–Trinajstić information content (AvgIpc) is 2.41. The van der Waals surface area contributed by atoms with Crippen LogP contribution in [-0.2, 0) is 4.79 Å². The lowest BCUT2D eigenvalue weighted by molar-refractivity contribution is -0.141. The Balaban J connectivity index is 2.19. The van der Waals surface area contributed by atoms with Crippen molar-refractivity contribution >= 4 is 12.0 Å². The molecule has 122 valence electrons. The van der Waals surface area contributed by atoms with Crippen molar-refractivity contribution in [2.24, 2.45) is 11.8 Å². The van der Waals surface area contributed by atoms with Crippen molar-refractivity contribution in [1.82, 2.24) is 10.6 Å². The van der Waals surface area contributed by atoms with Crippen LogP contribution in [0.15, 0.2) is 0 Å². The molecular weight excluding hydrogens is 268 g/mol. The number of carbonyl (C=O) groups is 2. The molecule has 0 aromatic carbocycles. The van der Waals surface area contributed by atoms with E-state index in [4.69, 9.17) is 5.11 Å². The van der Waals surface area contributed by atoms with Crippen molar-refractivity contribution in [3.8, 4) is 0 Å². The van der Waals surface area contributed by atoms with E-state index in [0.29, 0.717) is 12.3 Å². The number of hydrogen-bond donors (Lipinski definition) is 3. The number of carbonyl (C=O) groups excluding carboxylic acids is 1. The Hall–Kier alpha value is -1.26. The molecule has 0 aliphatic heterocycles. The van der Waals surface area contributed by atoms with Gasteiger partial charge in [-0.3, -0.25) is 4.79 Å². The molecule has 4 unspecified atom stereocenters. The van der Waals surface area contributed by atoms with E-state index >= 15 is 0 Å². The predicted molar refractivity (Wildman–Crippen MR) is 83.2 cm³/mol. The van der Waals surface area contributed by atoms with Crippen molar-refractivity contribution < 1.29 is 14.7 Å². The molecule has 0 aromatic heterocycles. The van der Waals surface area contributed by atoms with Gasteiger partial charge in [0.2, 0.25) is 0 Å². The molecule has 0 heterocycles. The highest BCUT2D eigenvalue weighted by Gasteiger charge is 2.23. The third kappa shape index (κ3) is 6.82. The third-order valence-electron chi connectivity index (χ3n) is 4.50. The fourth-order valence-corrected chi connectivity index (χ4v) is 2.89. The van der Waals surface area contributed by atoms with Gasteiger partial charge in [-0.2, -0.15) is 0 Å². The Bertz CT molecular complexity index is 346. The van der Waals surface area contributed by atoms with Crippen molar-refractivity contribution in [1.29, 1.82) is 0 Å². The zero-order valence-corrected chi connectivity index (χ0v) is 13.5. The Kier molecular flexibility index (Phi) is 7.54. The van der Waals surface area contributed by atoms with Crippen LogP contribution in [0, 0.1) is 11.8 Å². The van der Waals surface area contributed by atoms with E-state index in [9.17, 15) is 9.59 Å². The van der Waals surface area contributed by atoms with Gasteiger partial charge in [-0.25, -0.2) is 4.79 Å². The van der Waals surface area contributed by atoms with Gasteiger partial charge in [-0.1, -0.05) is 33.1 Å². The molecule has 0 bridgehead atoms. The first-order valence-corrected chi connectivity index (χ1v) is 8.20. The molecule has 5 nitrogen and oxygen atoms in total. The van der Waals surface area contributed by atoms with E-state index in [1.54, 1.807) is 6.92 Å². The summed E-state index contributed by atoms with van der Waals surface area (Å²) in [4.78, 5) is 22.7. The Morgan fingerprint density at radius 3 is 2.48 bits per heavy atom. The predicted octanol–water partition coefficient (Wildman–Crippen LogP) is 3.14. The molecule has 0 saturated heterocycles. The van der Waals surface area contributed by atoms with Crippen LogP contribution >= 0.6 is 0 Å². The molecule has 1 aliphatic rings. The van der Waals surface area contributed by atoms with E-state index < -0.39 is 5.97 Å². The third-order valence-corrected chi connectivity index (χ3v) is 4.50. The fourth-order valence-electron chi connectivity index (χ4n) is 2.89. The molecule has 0 aromatic rings. The van der Waals surface area contributed by atoms with Crippen LogP contribution < -0.4 is 10.6 Å². The summed E-state index contributed by atoms with van der Waals surface area (Å²) in [5, 5.41) is 14.8. The van der Waals surface area contributed by atoms with Gasteiger partial charge in [0.25, 0.3) is 0 Å². The maximum atomic E-state index is 12.0. The summed E-state index contributed by atoms with van der Waals surface area (Å²) >= 11 is 0. The minimum atomic E-state index is -0.750. The zero-order valence-electron chi connectivity index (χ0n) is 13.5. The highest BCUT2D eigenvalue weighted by Crippen LogP contribution is 2.23. The average molecular weight is 298 g/mol. The van der Waals surface area contributed by atoms with Crippen LogP contribution in [0.4, 0.5) is 4.79 Å². The van der Waals surface area contributed by atoms with Gasteiger partial charge >= 0.3 is 12.0 Å². The standard InChI is InChI=1S/C16H30N2O3/c1-11-7-4-5-10-14(11)18-16(21)17-13(3)9-6-8-12(2)15(19)20/h11-14H,4-10H2,1-3H3,(H,19,20)(H2,17,18,21). The fraction of sp³-hybridized carbons (Fsp3) is 0.875. The quantitative estimate of drug-likeness (QED) is 0.675. The van der Waals surface area contributed by atoms with E-state index in [0.717, 1.165) is 19.3 Å². The second kappa shape index (κ2) is 8.90. The summed E-state index contributed by atoms with van der Waals surface area (Å²) in [7, 11) is 0. The van der Waals surface area contributed by atoms with Gasteiger partial charge in [0.1, 0.15) is 0 Å². The molecule has 0 radical (unpaired) electrons. The van der Waals surface area contributed by atoms with E-state index in [1.807, 2.05) is 6.92 Å². The molecule has 5 heteroatoms. The zero-order chi connectivity index (χ0) is 15.8. The van der Waals surface area contributed by atoms with Crippen molar-refractivity contribution in [3.63, 3.8) is 0 Å². The lowest BCUT2D eigenvalue weighted by Crippen LogP contribution is -2.48.